The third-order valence-electron chi connectivity index (χ3n) is 5.58. The fraction of sp³-hybridized carbons (Fsp3) is 0.476. The lowest BCUT2D eigenvalue weighted by atomic mass is 10.1. The van der Waals surface area contributed by atoms with Gasteiger partial charge in [0, 0.05) is 51.5 Å². The SMILES string of the molecule is O=C(Cc1ccc(F)cc1F)N1CCN(c2ccnc(N3CCCCC3)n2)CC1. The quantitative estimate of drug-likeness (QED) is 0.789. The summed E-state index contributed by atoms with van der Waals surface area (Å²) in [5.74, 6) is 0.181. The summed E-state index contributed by atoms with van der Waals surface area (Å²) in [5, 5.41) is 0. The number of carbonyl (C=O) groups is 1. The molecule has 2 aliphatic rings. The molecule has 3 heterocycles. The van der Waals surface area contributed by atoms with Crippen molar-refractivity contribution in [2.24, 2.45) is 0 Å². The first kappa shape index (κ1) is 19.5. The van der Waals surface area contributed by atoms with Crippen LogP contribution in [0.2, 0.25) is 0 Å². The second-order valence-electron chi connectivity index (χ2n) is 7.54. The number of amides is 1. The average Bonchev–Trinajstić information content (AvgIpc) is 2.76. The van der Waals surface area contributed by atoms with Crippen molar-refractivity contribution in [3.63, 3.8) is 0 Å². The number of hydrogen-bond acceptors (Lipinski definition) is 5. The third kappa shape index (κ3) is 4.63. The molecule has 0 aliphatic carbocycles. The van der Waals surface area contributed by atoms with Crippen molar-refractivity contribution in [1.82, 2.24) is 14.9 Å². The number of aromatic nitrogens is 2. The minimum Gasteiger partial charge on any atom is -0.353 e. The second-order valence-corrected chi connectivity index (χ2v) is 7.54. The zero-order chi connectivity index (χ0) is 20.2. The minimum absolute atomic E-state index is 0.0568. The number of benzene rings is 1. The standard InChI is InChI=1S/C21H25F2N5O/c22-17-5-4-16(18(23)15-17)14-20(29)27-12-10-26(11-13-27)19-6-7-24-21(25-19)28-8-2-1-3-9-28/h4-7,15H,1-3,8-14H2. The summed E-state index contributed by atoms with van der Waals surface area (Å²) >= 11 is 0. The smallest absolute Gasteiger partial charge is 0.227 e. The fourth-order valence-electron chi connectivity index (χ4n) is 3.89. The Hall–Kier alpha value is -2.77. The Balaban J connectivity index is 1.35. The van der Waals surface area contributed by atoms with Crippen LogP contribution in [0.1, 0.15) is 24.8 Å². The van der Waals surface area contributed by atoms with Crippen molar-refractivity contribution < 1.29 is 13.6 Å². The zero-order valence-electron chi connectivity index (χ0n) is 16.4. The van der Waals surface area contributed by atoms with Gasteiger partial charge in [-0.05, 0) is 37.0 Å². The van der Waals surface area contributed by atoms with E-state index >= 15 is 0 Å². The number of piperazine rings is 1. The maximum Gasteiger partial charge on any atom is 0.227 e. The van der Waals surface area contributed by atoms with Crippen LogP contribution in [-0.4, -0.2) is 60.0 Å². The first-order valence-corrected chi connectivity index (χ1v) is 10.1. The molecule has 2 fully saturated rings. The number of anilines is 2. The van der Waals surface area contributed by atoms with E-state index < -0.39 is 11.6 Å². The Labute approximate surface area is 169 Å². The summed E-state index contributed by atoms with van der Waals surface area (Å²) in [7, 11) is 0. The second kappa shape index (κ2) is 8.71. The number of hydrogen-bond donors (Lipinski definition) is 0. The molecule has 2 aliphatic heterocycles. The Morgan fingerprint density at radius 2 is 1.69 bits per heavy atom. The molecule has 1 aromatic heterocycles. The van der Waals surface area contributed by atoms with Gasteiger partial charge >= 0.3 is 0 Å². The number of halogens is 2. The molecule has 4 rings (SSSR count). The predicted octanol–water partition coefficient (Wildman–Crippen LogP) is 2.64. The molecule has 29 heavy (non-hydrogen) atoms. The Morgan fingerprint density at radius 3 is 2.41 bits per heavy atom. The summed E-state index contributed by atoms with van der Waals surface area (Å²) in [6, 6.07) is 5.23. The van der Waals surface area contributed by atoms with E-state index in [4.69, 9.17) is 4.98 Å². The van der Waals surface area contributed by atoms with Gasteiger partial charge in [0.25, 0.3) is 0 Å². The van der Waals surface area contributed by atoms with Gasteiger partial charge in [-0.1, -0.05) is 6.07 Å². The monoisotopic (exact) mass is 401 g/mol. The molecule has 0 N–H and O–H groups in total. The van der Waals surface area contributed by atoms with Gasteiger partial charge in [-0.3, -0.25) is 4.79 Å². The number of rotatable bonds is 4. The van der Waals surface area contributed by atoms with Gasteiger partial charge < -0.3 is 14.7 Å². The highest BCUT2D eigenvalue weighted by molar-refractivity contribution is 5.79. The summed E-state index contributed by atoms with van der Waals surface area (Å²) in [4.78, 5) is 27.8. The van der Waals surface area contributed by atoms with E-state index in [1.807, 2.05) is 6.07 Å². The lowest BCUT2D eigenvalue weighted by Crippen LogP contribution is -2.49. The summed E-state index contributed by atoms with van der Waals surface area (Å²) in [6.07, 6.45) is 5.33. The maximum absolute atomic E-state index is 13.8. The van der Waals surface area contributed by atoms with Crippen molar-refractivity contribution in [3.8, 4) is 0 Å². The van der Waals surface area contributed by atoms with Crippen LogP contribution in [0.25, 0.3) is 0 Å². The van der Waals surface area contributed by atoms with Crippen molar-refractivity contribution in [2.45, 2.75) is 25.7 Å². The number of nitrogens with zero attached hydrogens (tertiary/aromatic N) is 5. The molecule has 154 valence electrons. The lowest BCUT2D eigenvalue weighted by Gasteiger charge is -2.36. The van der Waals surface area contributed by atoms with E-state index in [1.165, 1.54) is 31.4 Å². The van der Waals surface area contributed by atoms with Crippen LogP contribution in [0.5, 0.6) is 0 Å². The van der Waals surface area contributed by atoms with Crippen LogP contribution < -0.4 is 9.80 Å². The average molecular weight is 401 g/mol. The van der Waals surface area contributed by atoms with E-state index in [9.17, 15) is 13.6 Å². The van der Waals surface area contributed by atoms with E-state index in [2.05, 4.69) is 14.8 Å². The Kier molecular flexibility index (Phi) is 5.87. The van der Waals surface area contributed by atoms with Crippen LogP contribution in [-0.2, 0) is 11.2 Å². The van der Waals surface area contributed by atoms with Gasteiger partial charge in [-0.15, -0.1) is 0 Å². The van der Waals surface area contributed by atoms with Crippen LogP contribution in [0.15, 0.2) is 30.5 Å². The Morgan fingerprint density at radius 1 is 0.931 bits per heavy atom. The molecule has 0 saturated carbocycles. The summed E-state index contributed by atoms with van der Waals surface area (Å²) in [6.45, 7) is 4.40. The van der Waals surface area contributed by atoms with E-state index in [1.54, 1.807) is 11.1 Å². The first-order valence-electron chi connectivity index (χ1n) is 10.1. The normalized spacial score (nSPS) is 17.5. The highest BCUT2D eigenvalue weighted by atomic mass is 19.1. The highest BCUT2D eigenvalue weighted by Crippen LogP contribution is 2.20. The largest absolute Gasteiger partial charge is 0.353 e. The molecule has 0 bridgehead atoms. The molecule has 0 radical (unpaired) electrons. The topological polar surface area (TPSA) is 52.6 Å². The van der Waals surface area contributed by atoms with Crippen molar-refractivity contribution in [1.29, 1.82) is 0 Å². The van der Waals surface area contributed by atoms with E-state index in [0.29, 0.717) is 26.2 Å². The summed E-state index contributed by atoms with van der Waals surface area (Å²) < 4.78 is 26.9. The molecule has 6 nitrogen and oxygen atoms in total. The van der Waals surface area contributed by atoms with Gasteiger partial charge in [-0.25, -0.2) is 13.8 Å². The predicted molar refractivity (Wildman–Crippen MR) is 107 cm³/mol. The van der Waals surface area contributed by atoms with Crippen LogP contribution in [0.3, 0.4) is 0 Å². The van der Waals surface area contributed by atoms with Gasteiger partial charge in [-0.2, -0.15) is 4.98 Å². The molecule has 0 spiro atoms. The van der Waals surface area contributed by atoms with E-state index in [0.717, 1.165) is 30.9 Å². The molecule has 1 amide bonds. The molecular formula is C21H25F2N5O. The highest BCUT2D eigenvalue weighted by Gasteiger charge is 2.23. The molecule has 2 aromatic rings. The molecule has 1 aromatic carbocycles. The molecule has 2 saturated heterocycles. The molecular weight excluding hydrogens is 376 g/mol. The lowest BCUT2D eigenvalue weighted by molar-refractivity contribution is -0.130. The molecule has 0 unspecified atom stereocenters. The number of carbonyl (C=O) groups excluding carboxylic acids is 1. The first-order chi connectivity index (χ1) is 14.1. The Bertz CT molecular complexity index is 864. The van der Waals surface area contributed by atoms with Gasteiger partial charge in [0.2, 0.25) is 11.9 Å². The van der Waals surface area contributed by atoms with Crippen LogP contribution in [0, 0.1) is 11.6 Å². The summed E-state index contributed by atoms with van der Waals surface area (Å²) in [5.41, 5.74) is 0.223. The van der Waals surface area contributed by atoms with Crippen molar-refractivity contribution in [2.75, 3.05) is 49.1 Å². The minimum atomic E-state index is -0.678. The third-order valence-corrected chi connectivity index (χ3v) is 5.58. The van der Waals surface area contributed by atoms with Gasteiger partial charge in [0.15, 0.2) is 0 Å². The molecule has 0 atom stereocenters. The van der Waals surface area contributed by atoms with Crippen molar-refractivity contribution >= 4 is 17.7 Å². The van der Waals surface area contributed by atoms with Gasteiger partial charge in [0.05, 0.1) is 6.42 Å². The zero-order valence-corrected chi connectivity index (χ0v) is 16.4. The maximum atomic E-state index is 13.8. The fourth-order valence-corrected chi connectivity index (χ4v) is 3.89. The van der Waals surface area contributed by atoms with Crippen LogP contribution >= 0.6 is 0 Å². The number of piperidine rings is 1. The molecule has 8 heteroatoms. The van der Waals surface area contributed by atoms with E-state index in [-0.39, 0.29) is 17.9 Å². The van der Waals surface area contributed by atoms with Gasteiger partial charge in [0.1, 0.15) is 17.5 Å². The van der Waals surface area contributed by atoms with Crippen molar-refractivity contribution in [3.05, 3.63) is 47.7 Å². The van der Waals surface area contributed by atoms with Crippen LogP contribution in [0.4, 0.5) is 20.5 Å².